The molecule has 0 aliphatic rings. The Kier molecular flexibility index (Phi) is 9.81. The van der Waals surface area contributed by atoms with Gasteiger partial charge in [0.25, 0.3) is 5.56 Å². The van der Waals surface area contributed by atoms with Gasteiger partial charge in [0, 0.05) is 6.42 Å². The molecule has 10 heteroatoms. The van der Waals surface area contributed by atoms with Crippen LogP contribution >= 0.6 is 0 Å². The zero-order valence-corrected chi connectivity index (χ0v) is 22.6. The van der Waals surface area contributed by atoms with E-state index < -0.39 is 47.2 Å². The largest absolute Gasteiger partial charge is 0.480 e. The fraction of sp³-hybridized carbons (Fsp3) is 0.414. The molecule has 4 N–H and O–H groups in total. The Labute approximate surface area is 226 Å². The number of carbonyl (C=O) groups is 3. The van der Waals surface area contributed by atoms with Gasteiger partial charge in [-0.2, -0.15) is 0 Å². The molecular formula is C29H36N4O6. The van der Waals surface area contributed by atoms with Crippen molar-refractivity contribution in [2.24, 2.45) is 11.8 Å². The van der Waals surface area contributed by atoms with E-state index >= 15 is 0 Å². The average Bonchev–Trinajstić information content (AvgIpc) is 2.93. The van der Waals surface area contributed by atoms with E-state index in [1.165, 1.54) is 0 Å². The SMILES string of the molecule is CC[C@H](C)[C@H](NC(=O)[C@@H](NC(=O)[C@@H](Cc1ccccc1)n1c(=O)[nH]c2ccccc2c1=O)[C@@H](C)CC)C(=O)O. The standard InChI is InChI=1S/C29H36N4O6/c1-5-17(3)23(26(35)32-24(28(37)38)18(4)6-2)31-25(34)22(16-19-12-8-7-9-13-19)33-27(36)20-14-10-11-15-21(20)30-29(33)39/h7-15,17-18,22-24H,5-6,16H2,1-4H3,(H,30,39)(H,31,34)(H,32,35)(H,37,38)/t17-,18-,22+,23-,24-/m0/s1. The van der Waals surface area contributed by atoms with Crippen molar-refractivity contribution in [2.45, 2.75) is 65.1 Å². The summed E-state index contributed by atoms with van der Waals surface area (Å²) in [6, 6.07) is 12.0. The first-order chi connectivity index (χ1) is 18.6. The van der Waals surface area contributed by atoms with Crippen LogP contribution in [0.3, 0.4) is 0 Å². The van der Waals surface area contributed by atoms with Gasteiger partial charge in [0.15, 0.2) is 0 Å². The lowest BCUT2D eigenvalue weighted by Crippen LogP contribution is -2.57. The number of nitrogens with zero attached hydrogens (tertiary/aromatic N) is 1. The van der Waals surface area contributed by atoms with Gasteiger partial charge >= 0.3 is 11.7 Å². The normalized spacial score (nSPS) is 15.1. The van der Waals surface area contributed by atoms with E-state index in [1.54, 1.807) is 62.4 Å². The highest BCUT2D eigenvalue weighted by molar-refractivity contribution is 5.92. The number of aromatic nitrogens is 2. The molecule has 2 amide bonds. The van der Waals surface area contributed by atoms with Crippen LogP contribution in [0.4, 0.5) is 0 Å². The Hall–Kier alpha value is -4.21. The minimum absolute atomic E-state index is 0.0213. The van der Waals surface area contributed by atoms with Crippen molar-refractivity contribution in [3.05, 3.63) is 81.0 Å². The minimum Gasteiger partial charge on any atom is -0.480 e. The maximum Gasteiger partial charge on any atom is 0.329 e. The first-order valence-electron chi connectivity index (χ1n) is 13.2. The van der Waals surface area contributed by atoms with Crippen molar-refractivity contribution in [3.8, 4) is 0 Å². The molecule has 0 aliphatic heterocycles. The number of aromatic amines is 1. The third-order valence-corrected chi connectivity index (χ3v) is 7.29. The molecule has 0 saturated carbocycles. The second-order valence-corrected chi connectivity index (χ2v) is 9.94. The number of amides is 2. The van der Waals surface area contributed by atoms with E-state index in [1.807, 2.05) is 19.9 Å². The minimum atomic E-state index is -1.27. The van der Waals surface area contributed by atoms with Gasteiger partial charge in [-0.15, -0.1) is 0 Å². The van der Waals surface area contributed by atoms with Crippen LogP contribution < -0.4 is 21.9 Å². The molecule has 3 rings (SSSR count). The van der Waals surface area contributed by atoms with Gasteiger partial charge in [-0.3, -0.25) is 14.4 Å². The van der Waals surface area contributed by atoms with Crippen LogP contribution in [0.25, 0.3) is 10.9 Å². The van der Waals surface area contributed by atoms with Crippen molar-refractivity contribution in [2.75, 3.05) is 0 Å². The molecule has 0 fully saturated rings. The van der Waals surface area contributed by atoms with Crippen LogP contribution in [0, 0.1) is 11.8 Å². The maximum atomic E-state index is 13.8. The summed E-state index contributed by atoms with van der Waals surface area (Å²) < 4.78 is 0.884. The van der Waals surface area contributed by atoms with E-state index in [0.29, 0.717) is 23.9 Å². The predicted molar refractivity (Wildman–Crippen MR) is 148 cm³/mol. The van der Waals surface area contributed by atoms with Gasteiger partial charge in [0.05, 0.1) is 10.9 Å². The third kappa shape index (κ3) is 6.81. The van der Waals surface area contributed by atoms with Crippen LogP contribution in [0.2, 0.25) is 0 Å². The number of nitrogens with one attached hydrogen (secondary N) is 3. The zero-order chi connectivity index (χ0) is 28.7. The third-order valence-electron chi connectivity index (χ3n) is 7.29. The highest BCUT2D eigenvalue weighted by Crippen LogP contribution is 2.17. The van der Waals surface area contributed by atoms with Crippen molar-refractivity contribution in [1.29, 1.82) is 0 Å². The second kappa shape index (κ2) is 13.0. The van der Waals surface area contributed by atoms with Crippen molar-refractivity contribution < 1.29 is 19.5 Å². The molecule has 0 radical (unpaired) electrons. The maximum absolute atomic E-state index is 13.8. The van der Waals surface area contributed by atoms with Crippen molar-refractivity contribution in [1.82, 2.24) is 20.2 Å². The number of H-pyrrole nitrogens is 1. The van der Waals surface area contributed by atoms with Gasteiger partial charge < -0.3 is 20.7 Å². The van der Waals surface area contributed by atoms with Gasteiger partial charge in [-0.25, -0.2) is 14.2 Å². The Morgan fingerprint density at radius 3 is 2.03 bits per heavy atom. The molecule has 39 heavy (non-hydrogen) atoms. The van der Waals surface area contributed by atoms with Crippen LogP contribution in [-0.2, 0) is 20.8 Å². The van der Waals surface area contributed by atoms with E-state index in [0.717, 1.165) is 4.57 Å². The monoisotopic (exact) mass is 536 g/mol. The second-order valence-electron chi connectivity index (χ2n) is 9.94. The number of hydrogen-bond acceptors (Lipinski definition) is 5. The van der Waals surface area contributed by atoms with E-state index in [-0.39, 0.29) is 23.6 Å². The topological polar surface area (TPSA) is 150 Å². The van der Waals surface area contributed by atoms with Crippen molar-refractivity contribution >= 4 is 28.7 Å². The molecule has 2 aromatic carbocycles. The Balaban J connectivity index is 2.03. The van der Waals surface area contributed by atoms with Crippen LogP contribution in [0.1, 0.15) is 52.1 Å². The van der Waals surface area contributed by atoms with Crippen LogP contribution in [0.15, 0.2) is 64.2 Å². The van der Waals surface area contributed by atoms with Crippen LogP contribution in [0.5, 0.6) is 0 Å². The molecule has 5 atom stereocenters. The van der Waals surface area contributed by atoms with Gasteiger partial charge in [0.1, 0.15) is 18.1 Å². The number of carboxylic acids is 1. The lowest BCUT2D eigenvalue weighted by Gasteiger charge is -2.29. The Morgan fingerprint density at radius 1 is 0.846 bits per heavy atom. The fourth-order valence-electron chi connectivity index (χ4n) is 4.48. The summed E-state index contributed by atoms with van der Waals surface area (Å²) in [4.78, 5) is 68.2. The van der Waals surface area contributed by atoms with Gasteiger partial charge in [-0.1, -0.05) is 83.0 Å². The number of aliphatic carboxylic acids is 1. The van der Waals surface area contributed by atoms with Gasteiger partial charge in [0.2, 0.25) is 11.8 Å². The summed E-state index contributed by atoms with van der Waals surface area (Å²) in [6.45, 7) is 7.17. The van der Waals surface area contributed by atoms with E-state index in [4.69, 9.17) is 0 Å². The number of carboxylic acid groups (broad SMARTS) is 1. The van der Waals surface area contributed by atoms with E-state index in [2.05, 4.69) is 15.6 Å². The highest BCUT2D eigenvalue weighted by Gasteiger charge is 2.34. The number of para-hydroxylation sites is 1. The molecular weight excluding hydrogens is 500 g/mol. The summed E-state index contributed by atoms with van der Waals surface area (Å²) >= 11 is 0. The molecule has 0 aliphatic carbocycles. The highest BCUT2D eigenvalue weighted by atomic mass is 16.4. The molecule has 1 heterocycles. The molecule has 0 spiro atoms. The first kappa shape index (κ1) is 29.3. The molecule has 3 aromatic rings. The van der Waals surface area contributed by atoms with Crippen LogP contribution in [-0.4, -0.2) is 44.5 Å². The molecule has 10 nitrogen and oxygen atoms in total. The smallest absolute Gasteiger partial charge is 0.329 e. The zero-order valence-electron chi connectivity index (χ0n) is 22.6. The summed E-state index contributed by atoms with van der Waals surface area (Å²) in [5.74, 6) is -3.19. The fourth-order valence-corrected chi connectivity index (χ4v) is 4.48. The quantitative estimate of drug-likeness (QED) is 0.279. The molecule has 208 valence electrons. The molecule has 0 saturated heterocycles. The van der Waals surface area contributed by atoms with E-state index in [9.17, 15) is 29.1 Å². The van der Waals surface area contributed by atoms with Gasteiger partial charge in [-0.05, 0) is 29.5 Å². The lowest BCUT2D eigenvalue weighted by atomic mass is 9.95. The summed E-state index contributed by atoms with van der Waals surface area (Å²) in [5, 5.41) is 15.2. The lowest BCUT2D eigenvalue weighted by molar-refractivity contribution is -0.144. The summed E-state index contributed by atoms with van der Waals surface area (Å²) in [6.07, 6.45) is 1.07. The van der Waals surface area contributed by atoms with Crippen molar-refractivity contribution in [3.63, 3.8) is 0 Å². The number of benzene rings is 2. The average molecular weight is 537 g/mol. The number of fused-ring (bicyclic) bond motifs is 1. The molecule has 0 bridgehead atoms. The Bertz CT molecular complexity index is 1430. The Morgan fingerprint density at radius 2 is 1.41 bits per heavy atom. The number of rotatable bonds is 12. The number of carbonyl (C=O) groups excluding carboxylic acids is 2. The summed E-state index contributed by atoms with van der Waals surface area (Å²) in [5.41, 5.74) is -0.312. The molecule has 0 unspecified atom stereocenters. The predicted octanol–water partition coefficient (Wildman–Crippen LogP) is 2.62. The number of hydrogen-bond donors (Lipinski definition) is 4. The molecule has 1 aromatic heterocycles. The first-order valence-corrected chi connectivity index (χ1v) is 13.2. The summed E-state index contributed by atoms with van der Waals surface area (Å²) in [7, 11) is 0.